The monoisotopic (exact) mass is 627 g/mol. The Hall–Kier alpha value is -3.61. The van der Waals surface area contributed by atoms with E-state index in [1.165, 1.54) is 24.4 Å². The topological polar surface area (TPSA) is 122 Å². The zero-order valence-electron chi connectivity index (χ0n) is 24.3. The normalized spacial score (nSPS) is 17.5. The molecule has 3 aromatic heterocycles. The molecule has 0 unspecified atom stereocenters. The average Bonchev–Trinajstić information content (AvgIpc) is 2.97. The van der Waals surface area contributed by atoms with Crippen LogP contribution in [0.4, 0.5) is 16.2 Å². The van der Waals surface area contributed by atoms with Gasteiger partial charge in [-0.2, -0.15) is 4.98 Å². The number of rotatable bonds is 10. The van der Waals surface area contributed by atoms with Gasteiger partial charge in [-0.05, 0) is 76.9 Å². The molecule has 1 fully saturated rings. The van der Waals surface area contributed by atoms with Crippen molar-refractivity contribution in [2.24, 2.45) is 0 Å². The van der Waals surface area contributed by atoms with E-state index in [9.17, 15) is 17.6 Å². The number of halogens is 2. The molecule has 43 heavy (non-hydrogen) atoms. The maximum absolute atomic E-state index is 13.7. The summed E-state index contributed by atoms with van der Waals surface area (Å²) in [6, 6.07) is 11.4. The average molecular weight is 628 g/mol. The largest absolute Gasteiger partial charge is 0.351 e. The summed E-state index contributed by atoms with van der Waals surface area (Å²) in [4.78, 5) is 29.3. The molecule has 0 saturated heterocycles. The molecular weight excluding hydrogens is 593 g/mol. The summed E-state index contributed by atoms with van der Waals surface area (Å²) in [6.45, 7) is 3.94. The highest BCUT2D eigenvalue weighted by atomic mass is 35.5. The summed E-state index contributed by atoms with van der Waals surface area (Å²) in [7, 11) is -1.98. The van der Waals surface area contributed by atoms with Gasteiger partial charge in [-0.15, -0.1) is 0 Å². The van der Waals surface area contributed by atoms with E-state index in [-0.39, 0.29) is 40.1 Å². The second kappa shape index (κ2) is 12.9. The van der Waals surface area contributed by atoms with Gasteiger partial charge in [0.15, 0.2) is 0 Å². The van der Waals surface area contributed by atoms with Crippen LogP contribution in [0.2, 0.25) is 5.02 Å². The van der Waals surface area contributed by atoms with Gasteiger partial charge in [-0.25, -0.2) is 22.8 Å². The molecule has 5 rings (SSSR count). The maximum atomic E-state index is 13.7. The van der Waals surface area contributed by atoms with E-state index in [1.54, 1.807) is 35.0 Å². The van der Waals surface area contributed by atoms with Crippen LogP contribution in [0.1, 0.15) is 45.6 Å². The fourth-order valence-electron chi connectivity index (χ4n) is 5.50. The molecule has 3 heterocycles. The molecular formula is C30H35ClFN7O3S. The minimum absolute atomic E-state index is 0.0559. The van der Waals surface area contributed by atoms with Crippen LogP contribution in [0.15, 0.2) is 64.5 Å². The number of nitrogens with zero attached hydrogens (tertiary/aromatic N) is 5. The third-order valence-corrected chi connectivity index (χ3v) is 9.67. The Morgan fingerprint density at radius 2 is 1.84 bits per heavy atom. The number of hydrogen-bond donors (Lipinski definition) is 2. The first-order chi connectivity index (χ1) is 20.6. The Labute approximate surface area is 255 Å². The molecule has 1 aliphatic carbocycles. The Morgan fingerprint density at radius 3 is 2.49 bits per heavy atom. The van der Waals surface area contributed by atoms with Crippen molar-refractivity contribution in [3.63, 3.8) is 0 Å². The van der Waals surface area contributed by atoms with Gasteiger partial charge in [0.25, 0.3) is 15.6 Å². The molecule has 4 aromatic rings. The predicted molar refractivity (Wildman–Crippen MR) is 168 cm³/mol. The zero-order chi connectivity index (χ0) is 30.7. The number of benzene rings is 1. The van der Waals surface area contributed by atoms with E-state index in [4.69, 9.17) is 16.6 Å². The van der Waals surface area contributed by atoms with Crippen LogP contribution < -0.4 is 15.6 Å². The second-order valence-corrected chi connectivity index (χ2v) is 13.1. The van der Waals surface area contributed by atoms with Crippen molar-refractivity contribution in [3.05, 3.63) is 70.2 Å². The maximum Gasteiger partial charge on any atom is 0.264 e. The third-order valence-electron chi connectivity index (χ3n) is 7.82. The van der Waals surface area contributed by atoms with Gasteiger partial charge in [-0.1, -0.05) is 23.7 Å². The standard InChI is InChI=1S/C30H35ClFN7O3S/c1-19(2)39-28-21(18-34-30(36-28)35-22-9-11-23(12-10-22)38(3)15-14-32)16-24(29(39)40)20-8-13-27(33-17-20)37-43(41,42)26-7-5-4-6-25(26)31/h4-8,13,16-19,22-23H,9-12,14-15H2,1-3H3,(H,33,37)(H,34,35,36). The quantitative estimate of drug-likeness (QED) is 0.236. The van der Waals surface area contributed by atoms with Crippen molar-refractivity contribution in [2.75, 3.05) is 30.3 Å². The van der Waals surface area contributed by atoms with Crippen LogP contribution in [0, 0.1) is 0 Å². The lowest BCUT2D eigenvalue weighted by molar-refractivity contribution is 0.174. The Bertz CT molecular complexity index is 1760. The first-order valence-electron chi connectivity index (χ1n) is 14.3. The van der Waals surface area contributed by atoms with E-state index in [2.05, 4.69) is 24.9 Å². The van der Waals surface area contributed by atoms with Crippen LogP contribution in [-0.4, -0.2) is 65.2 Å². The van der Waals surface area contributed by atoms with Gasteiger partial charge in [0.1, 0.15) is 23.0 Å². The lowest BCUT2D eigenvalue weighted by Gasteiger charge is -2.34. The minimum atomic E-state index is -3.95. The fraction of sp³-hybridized carbons (Fsp3) is 0.400. The lowest BCUT2D eigenvalue weighted by Crippen LogP contribution is -2.39. The van der Waals surface area contributed by atoms with Crippen molar-refractivity contribution in [1.29, 1.82) is 0 Å². The Kier molecular flexibility index (Phi) is 9.28. The van der Waals surface area contributed by atoms with Crippen molar-refractivity contribution in [1.82, 2.24) is 24.4 Å². The highest BCUT2D eigenvalue weighted by molar-refractivity contribution is 7.92. The first-order valence-corrected chi connectivity index (χ1v) is 16.1. The van der Waals surface area contributed by atoms with E-state index >= 15 is 0 Å². The van der Waals surface area contributed by atoms with Crippen LogP contribution in [0.25, 0.3) is 22.2 Å². The number of aromatic nitrogens is 4. The highest BCUT2D eigenvalue weighted by Crippen LogP contribution is 2.27. The molecule has 1 aromatic carbocycles. The van der Waals surface area contributed by atoms with Crippen molar-refractivity contribution >= 4 is 44.4 Å². The molecule has 0 bridgehead atoms. The number of fused-ring (bicyclic) bond motifs is 1. The fourth-order valence-corrected chi connectivity index (χ4v) is 7.03. The van der Waals surface area contributed by atoms with Crippen molar-refractivity contribution < 1.29 is 12.8 Å². The zero-order valence-corrected chi connectivity index (χ0v) is 25.9. The van der Waals surface area contributed by atoms with E-state index in [1.807, 2.05) is 20.9 Å². The van der Waals surface area contributed by atoms with Crippen LogP contribution >= 0.6 is 11.6 Å². The Balaban J connectivity index is 1.37. The smallest absolute Gasteiger partial charge is 0.264 e. The van der Waals surface area contributed by atoms with Crippen LogP contribution in [-0.2, 0) is 10.0 Å². The highest BCUT2D eigenvalue weighted by Gasteiger charge is 2.25. The van der Waals surface area contributed by atoms with Gasteiger partial charge < -0.3 is 10.2 Å². The third kappa shape index (κ3) is 6.81. The number of pyridine rings is 2. The van der Waals surface area contributed by atoms with E-state index in [0.717, 1.165) is 25.7 Å². The summed E-state index contributed by atoms with van der Waals surface area (Å²) in [5, 5.41) is 4.22. The minimum Gasteiger partial charge on any atom is -0.351 e. The van der Waals surface area contributed by atoms with E-state index in [0.29, 0.717) is 40.7 Å². The second-order valence-electron chi connectivity index (χ2n) is 11.1. The summed E-state index contributed by atoms with van der Waals surface area (Å²) < 4.78 is 42.4. The molecule has 1 saturated carbocycles. The molecule has 13 heteroatoms. The molecule has 0 amide bonds. The first kappa shape index (κ1) is 30.8. The molecule has 2 N–H and O–H groups in total. The molecule has 0 spiro atoms. The molecule has 0 radical (unpaired) electrons. The summed E-state index contributed by atoms with van der Waals surface area (Å²) in [5.74, 6) is 0.558. The summed E-state index contributed by atoms with van der Waals surface area (Å²) in [6.07, 6.45) is 6.95. The number of anilines is 2. The Morgan fingerprint density at radius 1 is 1.09 bits per heavy atom. The van der Waals surface area contributed by atoms with Crippen molar-refractivity contribution in [2.45, 2.75) is 62.6 Å². The lowest BCUT2D eigenvalue weighted by atomic mass is 9.90. The van der Waals surface area contributed by atoms with Gasteiger partial charge in [0.05, 0.1) is 5.02 Å². The predicted octanol–water partition coefficient (Wildman–Crippen LogP) is 5.51. The van der Waals surface area contributed by atoms with Gasteiger partial charge >= 0.3 is 0 Å². The SMILES string of the molecule is CC(C)n1c(=O)c(-c2ccc(NS(=O)(=O)c3ccccc3Cl)nc2)cc2cnc(NC3CCC(N(C)CCF)CC3)nc21. The van der Waals surface area contributed by atoms with Gasteiger partial charge in [0, 0.05) is 53.6 Å². The van der Waals surface area contributed by atoms with Gasteiger partial charge in [0.2, 0.25) is 5.95 Å². The van der Waals surface area contributed by atoms with Crippen molar-refractivity contribution in [3.8, 4) is 11.1 Å². The summed E-state index contributed by atoms with van der Waals surface area (Å²) in [5.41, 5.74) is 1.21. The summed E-state index contributed by atoms with van der Waals surface area (Å²) >= 11 is 6.07. The van der Waals surface area contributed by atoms with Crippen LogP contribution in [0.3, 0.4) is 0 Å². The molecule has 228 valence electrons. The van der Waals surface area contributed by atoms with E-state index < -0.39 is 10.0 Å². The molecule has 0 atom stereocenters. The molecule has 0 aliphatic heterocycles. The molecule has 1 aliphatic rings. The number of nitrogens with one attached hydrogen (secondary N) is 2. The number of alkyl halides is 1. The van der Waals surface area contributed by atoms with Crippen LogP contribution in [0.5, 0.6) is 0 Å². The van der Waals surface area contributed by atoms with Gasteiger partial charge in [-0.3, -0.25) is 14.1 Å². The molecule has 10 nitrogen and oxygen atoms in total. The number of sulfonamides is 1. The number of hydrogen-bond acceptors (Lipinski definition) is 8.